The lowest BCUT2D eigenvalue weighted by Gasteiger charge is -2.40. The van der Waals surface area contributed by atoms with Crippen molar-refractivity contribution >= 4 is 5.91 Å². The molecule has 0 atom stereocenters. The Balaban J connectivity index is 2.29. The van der Waals surface area contributed by atoms with E-state index in [4.69, 9.17) is 4.74 Å². The number of ether oxygens (including phenoxy) is 1. The van der Waals surface area contributed by atoms with E-state index in [0.29, 0.717) is 6.54 Å². The van der Waals surface area contributed by atoms with Gasteiger partial charge in [0.25, 0.3) is 0 Å². The lowest BCUT2D eigenvalue weighted by molar-refractivity contribution is -0.120. The summed E-state index contributed by atoms with van der Waals surface area (Å²) in [5, 5.41) is 2.74. The summed E-state index contributed by atoms with van der Waals surface area (Å²) in [6.07, 6.45) is 4.56. The molecule has 0 unspecified atom stereocenters. The second-order valence-corrected chi connectivity index (χ2v) is 3.16. The molecule has 0 radical (unpaired) electrons. The predicted octanol–water partition coefficient (Wildman–Crippen LogP) is 0.858. The maximum absolute atomic E-state index is 10.8. The topological polar surface area (TPSA) is 38.3 Å². The maximum atomic E-state index is 10.8. The summed E-state index contributed by atoms with van der Waals surface area (Å²) >= 11 is 0. The van der Waals surface area contributed by atoms with Gasteiger partial charge in [0.2, 0.25) is 5.91 Å². The fraction of sp³-hybridized carbons (Fsp3) is 0.667. The molecule has 12 heavy (non-hydrogen) atoms. The molecule has 3 nitrogen and oxygen atoms in total. The van der Waals surface area contributed by atoms with Crippen LogP contribution >= 0.6 is 0 Å². The van der Waals surface area contributed by atoms with Crippen LogP contribution in [0.1, 0.15) is 19.3 Å². The highest BCUT2D eigenvalue weighted by molar-refractivity contribution is 5.86. The van der Waals surface area contributed by atoms with Crippen molar-refractivity contribution in [3.63, 3.8) is 0 Å². The molecule has 0 bridgehead atoms. The highest BCUT2D eigenvalue weighted by Crippen LogP contribution is 2.34. The lowest BCUT2D eigenvalue weighted by atomic mass is 9.80. The second-order valence-electron chi connectivity index (χ2n) is 3.16. The number of hydrogen-bond donors (Lipinski definition) is 1. The quantitative estimate of drug-likeness (QED) is 0.634. The van der Waals surface area contributed by atoms with E-state index in [1.165, 1.54) is 12.5 Å². The fourth-order valence-corrected chi connectivity index (χ4v) is 1.34. The zero-order chi connectivity index (χ0) is 9.03. The third kappa shape index (κ3) is 1.85. The molecule has 0 aromatic heterocycles. The molecule has 0 spiro atoms. The van der Waals surface area contributed by atoms with Crippen molar-refractivity contribution in [1.29, 1.82) is 0 Å². The van der Waals surface area contributed by atoms with Gasteiger partial charge in [-0.25, -0.2) is 0 Å². The average molecular weight is 169 g/mol. The van der Waals surface area contributed by atoms with E-state index in [9.17, 15) is 4.79 Å². The van der Waals surface area contributed by atoms with Crippen molar-refractivity contribution < 1.29 is 9.53 Å². The average Bonchev–Trinajstić information content (AvgIpc) is 2.03. The predicted molar refractivity (Wildman–Crippen MR) is 46.8 cm³/mol. The number of nitrogens with one attached hydrogen (secondary N) is 1. The summed E-state index contributed by atoms with van der Waals surface area (Å²) in [5.41, 5.74) is -0.0847. The van der Waals surface area contributed by atoms with Crippen LogP contribution < -0.4 is 5.32 Å². The summed E-state index contributed by atoms with van der Waals surface area (Å²) in [4.78, 5) is 10.8. The summed E-state index contributed by atoms with van der Waals surface area (Å²) in [5.74, 6) is -0.127. The van der Waals surface area contributed by atoms with Crippen molar-refractivity contribution in [3.05, 3.63) is 12.7 Å². The van der Waals surface area contributed by atoms with Crippen LogP contribution in [-0.2, 0) is 9.53 Å². The molecular formula is C9H15NO2. The van der Waals surface area contributed by atoms with Crippen LogP contribution in [-0.4, -0.2) is 25.2 Å². The van der Waals surface area contributed by atoms with E-state index >= 15 is 0 Å². The summed E-state index contributed by atoms with van der Waals surface area (Å²) in [7, 11) is 1.69. The molecule has 1 saturated carbocycles. The van der Waals surface area contributed by atoms with Crippen molar-refractivity contribution in [1.82, 2.24) is 5.32 Å². The van der Waals surface area contributed by atoms with E-state index in [2.05, 4.69) is 11.9 Å². The van der Waals surface area contributed by atoms with Gasteiger partial charge in [-0.05, 0) is 25.3 Å². The number of amides is 1. The summed E-state index contributed by atoms with van der Waals surface area (Å²) < 4.78 is 5.32. The first-order valence-electron chi connectivity index (χ1n) is 4.18. The molecular weight excluding hydrogens is 154 g/mol. The van der Waals surface area contributed by atoms with Gasteiger partial charge < -0.3 is 10.1 Å². The van der Waals surface area contributed by atoms with Gasteiger partial charge in [-0.3, -0.25) is 4.79 Å². The largest absolute Gasteiger partial charge is 0.376 e. The normalized spacial score (nSPS) is 19.4. The van der Waals surface area contributed by atoms with Crippen molar-refractivity contribution in [2.24, 2.45) is 0 Å². The molecule has 3 heteroatoms. The van der Waals surface area contributed by atoms with Gasteiger partial charge in [0.05, 0.1) is 5.60 Å². The molecule has 0 aromatic carbocycles. The van der Waals surface area contributed by atoms with Crippen LogP contribution in [0.3, 0.4) is 0 Å². The van der Waals surface area contributed by atoms with Gasteiger partial charge in [-0.2, -0.15) is 0 Å². The smallest absolute Gasteiger partial charge is 0.243 e. The Morgan fingerprint density at radius 1 is 1.75 bits per heavy atom. The number of hydrogen-bond acceptors (Lipinski definition) is 2. The Bertz CT molecular complexity index is 179. The lowest BCUT2D eigenvalue weighted by Crippen LogP contribution is -2.49. The molecule has 1 aliphatic carbocycles. The van der Waals surface area contributed by atoms with Gasteiger partial charge in [0.15, 0.2) is 0 Å². The molecule has 1 amide bonds. The number of carbonyl (C=O) groups excluding carboxylic acids is 1. The Hall–Kier alpha value is -0.830. The van der Waals surface area contributed by atoms with E-state index < -0.39 is 0 Å². The first kappa shape index (κ1) is 9.26. The number of carbonyl (C=O) groups is 1. The van der Waals surface area contributed by atoms with Crippen molar-refractivity contribution in [3.8, 4) is 0 Å². The molecule has 0 saturated heterocycles. The monoisotopic (exact) mass is 169 g/mol. The zero-order valence-corrected chi connectivity index (χ0v) is 7.43. The summed E-state index contributed by atoms with van der Waals surface area (Å²) in [6, 6.07) is 0. The van der Waals surface area contributed by atoms with Gasteiger partial charge in [0.1, 0.15) is 0 Å². The van der Waals surface area contributed by atoms with Gasteiger partial charge in [0, 0.05) is 13.7 Å². The van der Waals surface area contributed by atoms with Crippen LogP contribution in [0.25, 0.3) is 0 Å². The molecule has 0 aromatic rings. The Labute approximate surface area is 72.8 Å². The van der Waals surface area contributed by atoms with E-state index in [-0.39, 0.29) is 11.5 Å². The van der Waals surface area contributed by atoms with Crippen LogP contribution in [0.5, 0.6) is 0 Å². The van der Waals surface area contributed by atoms with Gasteiger partial charge >= 0.3 is 0 Å². The third-order valence-corrected chi connectivity index (χ3v) is 2.47. The van der Waals surface area contributed by atoms with E-state index in [1.54, 1.807) is 7.11 Å². The van der Waals surface area contributed by atoms with Gasteiger partial charge in [-0.15, -0.1) is 0 Å². The van der Waals surface area contributed by atoms with Crippen LogP contribution in [0.4, 0.5) is 0 Å². The standard InChI is InChI=1S/C9H15NO2/c1-3-8(11)10-7-9(12-2)5-4-6-9/h3H,1,4-7H2,2H3,(H,10,11). The van der Waals surface area contributed by atoms with Crippen LogP contribution in [0, 0.1) is 0 Å². The first-order valence-corrected chi connectivity index (χ1v) is 4.18. The molecule has 0 aliphatic heterocycles. The van der Waals surface area contributed by atoms with Crippen molar-refractivity contribution in [2.45, 2.75) is 24.9 Å². The molecule has 1 fully saturated rings. The van der Waals surface area contributed by atoms with Crippen LogP contribution in [0.15, 0.2) is 12.7 Å². The first-order chi connectivity index (χ1) is 5.72. The Kier molecular flexibility index (Phi) is 2.87. The SMILES string of the molecule is C=CC(=O)NCC1(OC)CCC1. The van der Waals surface area contributed by atoms with Gasteiger partial charge in [-0.1, -0.05) is 6.58 Å². The molecule has 68 valence electrons. The summed E-state index contributed by atoms with van der Waals surface area (Å²) in [6.45, 7) is 3.98. The highest BCUT2D eigenvalue weighted by atomic mass is 16.5. The minimum absolute atomic E-state index is 0.0847. The van der Waals surface area contributed by atoms with Crippen LogP contribution in [0.2, 0.25) is 0 Å². The highest BCUT2D eigenvalue weighted by Gasteiger charge is 2.36. The third-order valence-electron chi connectivity index (χ3n) is 2.47. The minimum Gasteiger partial charge on any atom is -0.376 e. The molecule has 1 rings (SSSR count). The zero-order valence-electron chi connectivity index (χ0n) is 7.43. The number of rotatable bonds is 4. The minimum atomic E-state index is -0.127. The maximum Gasteiger partial charge on any atom is 0.243 e. The second kappa shape index (κ2) is 3.72. The number of methoxy groups -OCH3 is 1. The molecule has 1 aliphatic rings. The Morgan fingerprint density at radius 2 is 2.42 bits per heavy atom. The Morgan fingerprint density at radius 3 is 2.75 bits per heavy atom. The van der Waals surface area contributed by atoms with E-state index in [0.717, 1.165) is 12.8 Å². The molecule has 1 N–H and O–H groups in total. The fourth-order valence-electron chi connectivity index (χ4n) is 1.34. The van der Waals surface area contributed by atoms with E-state index in [1.807, 2.05) is 0 Å². The van der Waals surface area contributed by atoms with Crippen molar-refractivity contribution in [2.75, 3.05) is 13.7 Å². The molecule has 0 heterocycles.